The van der Waals surface area contributed by atoms with Crippen molar-refractivity contribution in [3.63, 3.8) is 0 Å². The third kappa shape index (κ3) is 3.78. The lowest BCUT2D eigenvalue weighted by molar-refractivity contribution is 0.0665. The molecule has 0 aliphatic rings. The van der Waals surface area contributed by atoms with Crippen LogP contribution in [0.4, 0.5) is 8.78 Å². The molecule has 0 radical (unpaired) electrons. The summed E-state index contributed by atoms with van der Waals surface area (Å²) in [7, 11) is 0. The van der Waals surface area contributed by atoms with Crippen LogP contribution >= 0.6 is 0 Å². The molecule has 0 atom stereocenters. The number of aromatic nitrogens is 1. The van der Waals surface area contributed by atoms with Crippen molar-refractivity contribution in [1.82, 2.24) is 9.47 Å². The van der Waals surface area contributed by atoms with Crippen LogP contribution in [-0.4, -0.2) is 58.3 Å². The molecule has 1 amide bonds. The van der Waals surface area contributed by atoms with E-state index in [4.69, 9.17) is 10.2 Å². The molecule has 1 aromatic heterocycles. The van der Waals surface area contributed by atoms with E-state index in [9.17, 15) is 13.6 Å². The van der Waals surface area contributed by atoms with Crippen molar-refractivity contribution in [3.05, 3.63) is 24.0 Å². The Bertz CT molecular complexity index is 376. The number of nitrogens with zero attached hydrogens (tertiary/aromatic N) is 2. The second kappa shape index (κ2) is 7.07. The molecule has 0 aromatic carbocycles. The van der Waals surface area contributed by atoms with Crippen LogP contribution in [-0.2, 0) is 6.54 Å². The highest BCUT2D eigenvalue weighted by molar-refractivity contribution is 5.92. The molecule has 2 N–H and O–H groups in total. The highest BCUT2D eigenvalue weighted by Gasteiger charge is 2.19. The molecular formula is C11H16F2N2O3. The van der Waals surface area contributed by atoms with E-state index in [1.807, 2.05) is 0 Å². The number of aliphatic hydroxyl groups excluding tert-OH is 2. The predicted octanol–water partition coefficient (Wildman–Crippen LogP) is 0.180. The van der Waals surface area contributed by atoms with Crippen LogP contribution in [0.15, 0.2) is 18.3 Å². The van der Waals surface area contributed by atoms with Gasteiger partial charge in [-0.05, 0) is 12.1 Å². The molecule has 0 saturated carbocycles. The summed E-state index contributed by atoms with van der Waals surface area (Å²) in [5.41, 5.74) is 0.122. The number of rotatable bonds is 7. The third-order valence-corrected chi connectivity index (χ3v) is 2.41. The average molecular weight is 262 g/mol. The molecule has 0 spiro atoms. The highest BCUT2D eigenvalue weighted by Crippen LogP contribution is 2.09. The summed E-state index contributed by atoms with van der Waals surface area (Å²) >= 11 is 0. The Morgan fingerprint density at radius 3 is 2.44 bits per heavy atom. The van der Waals surface area contributed by atoms with Crippen LogP contribution in [0, 0.1) is 0 Å². The van der Waals surface area contributed by atoms with Crippen molar-refractivity contribution in [2.24, 2.45) is 0 Å². The van der Waals surface area contributed by atoms with Gasteiger partial charge in [0.05, 0.1) is 19.8 Å². The maximum Gasteiger partial charge on any atom is 0.270 e. The quantitative estimate of drug-likeness (QED) is 0.736. The number of carbonyl (C=O) groups is 1. The second-order valence-electron chi connectivity index (χ2n) is 3.68. The van der Waals surface area contributed by atoms with E-state index >= 15 is 0 Å². The number of carbonyl (C=O) groups excluding carboxylic acids is 1. The Kier molecular flexibility index (Phi) is 5.73. The molecule has 5 nitrogen and oxygen atoms in total. The van der Waals surface area contributed by atoms with Gasteiger partial charge in [0.2, 0.25) is 0 Å². The second-order valence-corrected chi connectivity index (χ2v) is 3.68. The largest absolute Gasteiger partial charge is 0.395 e. The zero-order valence-corrected chi connectivity index (χ0v) is 9.80. The summed E-state index contributed by atoms with van der Waals surface area (Å²) < 4.78 is 25.8. The summed E-state index contributed by atoms with van der Waals surface area (Å²) in [6.45, 7) is -0.943. The van der Waals surface area contributed by atoms with Crippen molar-refractivity contribution in [3.8, 4) is 0 Å². The van der Waals surface area contributed by atoms with Gasteiger partial charge in [0, 0.05) is 19.3 Å². The normalized spacial score (nSPS) is 10.9. The lowest BCUT2D eigenvalue weighted by Crippen LogP contribution is -2.37. The Hall–Kier alpha value is -1.47. The standard InChI is InChI=1S/C11H16F2N2O3/c12-10(13)8-15-3-1-2-9(15)11(18)14(4-6-16)5-7-17/h1-3,10,16-17H,4-8H2. The van der Waals surface area contributed by atoms with Crippen molar-refractivity contribution in [2.45, 2.75) is 13.0 Å². The SMILES string of the molecule is O=C(c1cccn1CC(F)F)N(CCO)CCO. The van der Waals surface area contributed by atoms with Crippen molar-refractivity contribution in [2.75, 3.05) is 26.3 Å². The molecule has 1 rings (SSSR count). The van der Waals surface area contributed by atoms with E-state index in [0.717, 1.165) is 4.57 Å². The number of halogens is 2. The minimum Gasteiger partial charge on any atom is -0.395 e. The fourth-order valence-electron chi connectivity index (χ4n) is 1.63. The molecule has 1 heterocycles. The Morgan fingerprint density at radius 2 is 1.94 bits per heavy atom. The van der Waals surface area contributed by atoms with Gasteiger partial charge >= 0.3 is 0 Å². The Balaban J connectivity index is 2.83. The summed E-state index contributed by atoms with van der Waals surface area (Å²) in [5, 5.41) is 17.6. The van der Waals surface area contributed by atoms with Gasteiger partial charge in [-0.1, -0.05) is 0 Å². The van der Waals surface area contributed by atoms with Gasteiger partial charge < -0.3 is 19.7 Å². The molecule has 0 fully saturated rings. The third-order valence-electron chi connectivity index (χ3n) is 2.41. The molecule has 0 saturated heterocycles. The monoisotopic (exact) mass is 262 g/mol. The lowest BCUT2D eigenvalue weighted by Gasteiger charge is -2.21. The van der Waals surface area contributed by atoms with E-state index in [2.05, 4.69) is 0 Å². The maximum absolute atomic E-state index is 12.3. The number of alkyl halides is 2. The first kappa shape index (κ1) is 14.6. The number of hydrogen-bond donors (Lipinski definition) is 2. The first-order chi connectivity index (χ1) is 8.60. The molecule has 7 heteroatoms. The minimum absolute atomic E-state index is 0.0548. The smallest absolute Gasteiger partial charge is 0.270 e. The van der Waals surface area contributed by atoms with E-state index in [1.54, 1.807) is 0 Å². The molecule has 0 aliphatic heterocycles. The molecule has 18 heavy (non-hydrogen) atoms. The van der Waals surface area contributed by atoms with Crippen LogP contribution in [0.25, 0.3) is 0 Å². The summed E-state index contributed by atoms with van der Waals surface area (Å²) in [5.74, 6) is -0.483. The summed E-state index contributed by atoms with van der Waals surface area (Å²) in [6.07, 6.45) is -1.15. The summed E-state index contributed by atoms with van der Waals surface area (Å²) in [6, 6.07) is 2.94. The number of amides is 1. The lowest BCUT2D eigenvalue weighted by atomic mass is 10.3. The molecule has 102 valence electrons. The first-order valence-corrected chi connectivity index (χ1v) is 5.54. The van der Waals surface area contributed by atoms with Crippen LogP contribution in [0.5, 0.6) is 0 Å². The van der Waals surface area contributed by atoms with Gasteiger partial charge in [-0.3, -0.25) is 4.79 Å². The molecule has 0 unspecified atom stereocenters. The van der Waals surface area contributed by atoms with Crippen LogP contribution in [0.3, 0.4) is 0 Å². The van der Waals surface area contributed by atoms with Crippen LogP contribution < -0.4 is 0 Å². The van der Waals surface area contributed by atoms with Gasteiger partial charge in [-0.15, -0.1) is 0 Å². The molecule has 0 bridgehead atoms. The fourth-order valence-corrected chi connectivity index (χ4v) is 1.63. The fraction of sp³-hybridized carbons (Fsp3) is 0.545. The predicted molar refractivity (Wildman–Crippen MR) is 60.5 cm³/mol. The minimum atomic E-state index is -2.55. The van der Waals surface area contributed by atoms with Gasteiger partial charge in [0.25, 0.3) is 12.3 Å². The Morgan fingerprint density at radius 1 is 1.33 bits per heavy atom. The summed E-state index contributed by atoms with van der Waals surface area (Å²) in [4.78, 5) is 13.2. The zero-order valence-electron chi connectivity index (χ0n) is 9.80. The van der Waals surface area contributed by atoms with Crippen molar-refractivity contribution < 1.29 is 23.8 Å². The van der Waals surface area contributed by atoms with Crippen molar-refractivity contribution in [1.29, 1.82) is 0 Å². The van der Waals surface area contributed by atoms with Crippen molar-refractivity contribution >= 4 is 5.91 Å². The van der Waals surface area contributed by atoms with E-state index < -0.39 is 18.9 Å². The zero-order chi connectivity index (χ0) is 13.5. The number of hydrogen-bond acceptors (Lipinski definition) is 3. The van der Waals surface area contributed by atoms with E-state index in [-0.39, 0.29) is 32.0 Å². The van der Waals surface area contributed by atoms with Crippen LogP contribution in [0.2, 0.25) is 0 Å². The first-order valence-electron chi connectivity index (χ1n) is 5.54. The van der Waals surface area contributed by atoms with Gasteiger partial charge in [-0.2, -0.15) is 0 Å². The van der Waals surface area contributed by atoms with Gasteiger partial charge in [-0.25, -0.2) is 8.78 Å². The molecule has 0 aliphatic carbocycles. The van der Waals surface area contributed by atoms with Gasteiger partial charge in [0.1, 0.15) is 5.69 Å². The highest BCUT2D eigenvalue weighted by atomic mass is 19.3. The van der Waals surface area contributed by atoms with E-state index in [0.29, 0.717) is 0 Å². The Labute approximate surface area is 103 Å². The molecular weight excluding hydrogens is 246 g/mol. The number of aliphatic hydroxyl groups is 2. The molecule has 1 aromatic rings. The average Bonchev–Trinajstić information content (AvgIpc) is 2.75. The van der Waals surface area contributed by atoms with Crippen LogP contribution in [0.1, 0.15) is 10.5 Å². The van der Waals surface area contributed by atoms with E-state index in [1.165, 1.54) is 23.2 Å². The topological polar surface area (TPSA) is 65.7 Å². The van der Waals surface area contributed by atoms with Gasteiger partial charge in [0.15, 0.2) is 0 Å². The maximum atomic E-state index is 12.3.